The molecule has 0 spiro atoms. The molecule has 8 aromatic carbocycles. The summed E-state index contributed by atoms with van der Waals surface area (Å²) < 4.78 is 28.8. The van der Waals surface area contributed by atoms with Crippen molar-refractivity contribution in [2.24, 2.45) is 0 Å². The lowest BCUT2D eigenvalue weighted by Crippen LogP contribution is -2.29. The lowest BCUT2D eigenvalue weighted by atomic mass is 10.1. The van der Waals surface area contributed by atoms with E-state index in [-0.39, 0.29) is 19.1 Å². The van der Waals surface area contributed by atoms with E-state index in [2.05, 4.69) is 43.0 Å². The van der Waals surface area contributed by atoms with Gasteiger partial charge in [0.25, 0.3) is 0 Å². The Labute approximate surface area is 493 Å². The molecular weight excluding hydrogens is 1080 g/mol. The number of carboxylic acid groups (broad SMARTS) is 1. The van der Waals surface area contributed by atoms with Crippen LogP contribution in [0.3, 0.4) is 0 Å². The Morgan fingerprint density at radius 1 is 0.422 bits per heavy atom. The maximum Gasteiger partial charge on any atom is 0.319 e. The van der Waals surface area contributed by atoms with E-state index in [4.69, 9.17) is 33.7 Å². The molecule has 0 unspecified atom stereocenters. The van der Waals surface area contributed by atoms with Gasteiger partial charge in [-0.3, -0.25) is 19.4 Å². The molecule has 422 valence electrons. The van der Waals surface area contributed by atoms with Crippen LogP contribution < -0.4 is 18.9 Å². The fourth-order valence-corrected chi connectivity index (χ4v) is 11.0. The average molecular weight is 1140 g/mol. The quantitative estimate of drug-likeness (QED) is 0.0518. The highest BCUT2D eigenvalue weighted by Crippen LogP contribution is 2.30. The summed E-state index contributed by atoms with van der Waals surface area (Å²) >= 11 is 3.43. The topological polar surface area (TPSA) is 133 Å². The minimum Gasteiger partial charge on any atom is -0.493 e. The third kappa shape index (κ3) is 18.6. The Morgan fingerprint density at radius 2 is 0.735 bits per heavy atom. The molecule has 0 aliphatic carbocycles. The van der Waals surface area contributed by atoms with Gasteiger partial charge in [-0.25, -0.2) is 9.97 Å². The van der Waals surface area contributed by atoms with E-state index in [0.29, 0.717) is 39.4 Å². The molecule has 0 bridgehead atoms. The van der Waals surface area contributed by atoms with Crippen LogP contribution in [0.15, 0.2) is 218 Å². The molecule has 0 aliphatic heterocycles. The van der Waals surface area contributed by atoms with Gasteiger partial charge < -0.3 is 28.8 Å². The van der Waals surface area contributed by atoms with Crippen LogP contribution in [0.2, 0.25) is 0 Å². The zero-order chi connectivity index (χ0) is 57.6. The third-order valence-corrected chi connectivity index (χ3v) is 15.4. The highest BCUT2D eigenvalue weighted by molar-refractivity contribution is 7.15. The average Bonchev–Trinajstić information content (AvgIpc) is 4.32. The Kier molecular flexibility index (Phi) is 21.4. The van der Waals surface area contributed by atoms with Gasteiger partial charge >= 0.3 is 11.9 Å². The summed E-state index contributed by atoms with van der Waals surface area (Å²) in [4.78, 5) is 39.7. The van der Waals surface area contributed by atoms with Crippen LogP contribution in [0.1, 0.15) is 43.4 Å². The number of carboxylic acids is 1. The van der Waals surface area contributed by atoms with Crippen LogP contribution >= 0.6 is 22.7 Å². The molecule has 0 saturated carbocycles. The van der Waals surface area contributed by atoms with Gasteiger partial charge in [-0.05, 0) is 109 Å². The molecule has 0 atom stereocenters. The summed E-state index contributed by atoms with van der Waals surface area (Å²) in [6.07, 6.45) is 1.48. The van der Waals surface area contributed by atoms with Gasteiger partial charge in [0, 0.05) is 59.9 Å². The van der Waals surface area contributed by atoms with E-state index in [9.17, 15) is 14.7 Å². The number of hydrogen-bond acceptors (Lipinski definition) is 13. The first-order valence-electron chi connectivity index (χ1n) is 27.4. The molecule has 2 heterocycles. The third-order valence-electron chi connectivity index (χ3n) is 13.3. The van der Waals surface area contributed by atoms with Gasteiger partial charge in [-0.1, -0.05) is 146 Å². The number of aliphatic carboxylic acids is 1. The number of rotatable bonds is 26. The normalized spacial score (nSPS) is 11.0. The standard InChI is InChI=1S/C35H34N2O4S.C34H32N2O4S/c1-26-33(36-35(42-26)29-9-5-3-6-10-29)21-22-40-30-17-13-27(14-18-30)23-37(25-34(38)39-2)24-28-15-19-32(20-16-28)41-31-11-7-4-8-12-31;1-25-32(35-34(41-25)28-8-4-2-5-9-28)20-21-39-29-16-12-26(13-17-29)22-36(24-33(37)38)23-27-14-18-31(19-15-27)40-30-10-6-3-7-11-30/h3-20H,21-25H2,1-2H3;2-19H,20-24H2,1H3,(H,37,38). The van der Waals surface area contributed by atoms with Crippen molar-refractivity contribution in [2.75, 3.05) is 33.4 Å². The van der Waals surface area contributed by atoms with Crippen LogP contribution in [0.25, 0.3) is 21.1 Å². The lowest BCUT2D eigenvalue weighted by molar-refractivity contribution is -0.142. The van der Waals surface area contributed by atoms with Gasteiger partial charge in [0.1, 0.15) is 44.5 Å². The van der Waals surface area contributed by atoms with E-state index < -0.39 is 5.97 Å². The summed E-state index contributed by atoms with van der Waals surface area (Å²) in [5.41, 5.74) is 8.61. The Morgan fingerprint density at radius 3 is 1.07 bits per heavy atom. The van der Waals surface area contributed by atoms with Crippen LogP contribution in [0, 0.1) is 13.8 Å². The number of aromatic nitrogens is 2. The molecule has 2 aromatic heterocycles. The summed E-state index contributed by atoms with van der Waals surface area (Å²) in [7, 11) is 1.41. The number of esters is 1. The molecule has 10 aromatic rings. The van der Waals surface area contributed by atoms with Crippen LogP contribution in [-0.2, 0) is 53.3 Å². The van der Waals surface area contributed by atoms with Crippen LogP contribution in [-0.4, -0.2) is 70.2 Å². The Balaban J connectivity index is 0.000000200. The van der Waals surface area contributed by atoms with Crippen LogP contribution in [0.5, 0.6) is 34.5 Å². The summed E-state index contributed by atoms with van der Waals surface area (Å²) in [5.74, 6) is 3.53. The van der Waals surface area contributed by atoms with E-state index in [1.807, 2.05) is 199 Å². The predicted octanol–water partition coefficient (Wildman–Crippen LogP) is 15.3. The van der Waals surface area contributed by atoms with Gasteiger partial charge in [0.05, 0.1) is 44.8 Å². The van der Waals surface area contributed by atoms with Gasteiger partial charge in [0.15, 0.2) is 0 Å². The van der Waals surface area contributed by atoms with Crippen molar-refractivity contribution >= 4 is 34.6 Å². The number of thiazole rings is 2. The summed E-state index contributed by atoms with van der Waals surface area (Å²) in [6, 6.07) is 71.3. The monoisotopic (exact) mass is 1140 g/mol. The number of aryl methyl sites for hydroxylation is 2. The van der Waals surface area contributed by atoms with Crippen molar-refractivity contribution in [3.05, 3.63) is 262 Å². The molecule has 1 N–H and O–H groups in total. The summed E-state index contributed by atoms with van der Waals surface area (Å²) in [6.45, 7) is 7.64. The number of benzene rings is 8. The van der Waals surface area contributed by atoms with E-state index in [0.717, 1.165) is 102 Å². The zero-order valence-corrected chi connectivity index (χ0v) is 48.4. The SMILES string of the molecule is COC(=O)CN(Cc1ccc(OCCc2nc(-c3ccccc3)sc2C)cc1)Cc1ccc(Oc2ccccc2)cc1.Cc1sc(-c2ccccc2)nc1CCOc1ccc(CN(CC(=O)O)Cc2ccc(Oc3ccccc3)cc2)cc1. The fraction of sp³-hybridized carbons (Fsp3) is 0.188. The molecule has 10 rings (SSSR count). The van der Waals surface area contributed by atoms with Crippen molar-refractivity contribution in [2.45, 2.75) is 52.9 Å². The van der Waals surface area contributed by atoms with Crippen molar-refractivity contribution in [1.82, 2.24) is 19.8 Å². The first-order chi connectivity index (χ1) is 40.6. The Bertz CT molecular complexity index is 3570. The largest absolute Gasteiger partial charge is 0.493 e. The lowest BCUT2D eigenvalue weighted by Gasteiger charge is -2.21. The van der Waals surface area contributed by atoms with Crippen molar-refractivity contribution in [3.8, 4) is 55.6 Å². The number of methoxy groups -OCH3 is 1. The second-order valence-electron chi connectivity index (χ2n) is 19.6. The highest BCUT2D eigenvalue weighted by Gasteiger charge is 2.16. The number of ether oxygens (including phenoxy) is 5. The molecule has 83 heavy (non-hydrogen) atoms. The minimum absolute atomic E-state index is 0.0571. The number of carbonyl (C=O) groups is 2. The maximum atomic E-state index is 12.1. The van der Waals surface area contributed by atoms with E-state index in [1.165, 1.54) is 16.9 Å². The molecule has 0 saturated heterocycles. The fourth-order valence-electron chi connectivity index (χ4n) is 9.02. The summed E-state index contributed by atoms with van der Waals surface area (Å²) in [5, 5.41) is 11.6. The molecular formula is C69H66N4O8S2. The molecule has 0 radical (unpaired) electrons. The second kappa shape index (κ2) is 30.2. The van der Waals surface area contributed by atoms with E-state index in [1.54, 1.807) is 22.7 Å². The van der Waals surface area contributed by atoms with Crippen LogP contribution in [0.4, 0.5) is 0 Å². The van der Waals surface area contributed by atoms with Crippen molar-refractivity contribution < 1.29 is 38.4 Å². The molecule has 0 fully saturated rings. The van der Waals surface area contributed by atoms with Crippen molar-refractivity contribution in [3.63, 3.8) is 0 Å². The number of carbonyl (C=O) groups excluding carboxylic acids is 1. The first kappa shape index (κ1) is 58.7. The minimum atomic E-state index is -0.860. The number of hydrogen-bond donors (Lipinski definition) is 1. The maximum absolute atomic E-state index is 12.1. The Hall–Kier alpha value is -8.92. The van der Waals surface area contributed by atoms with Gasteiger partial charge in [-0.15, -0.1) is 22.7 Å². The van der Waals surface area contributed by atoms with E-state index >= 15 is 0 Å². The van der Waals surface area contributed by atoms with Gasteiger partial charge in [0.2, 0.25) is 0 Å². The first-order valence-corrected chi connectivity index (χ1v) is 29.0. The zero-order valence-electron chi connectivity index (χ0n) is 46.8. The van der Waals surface area contributed by atoms with Crippen molar-refractivity contribution in [1.29, 1.82) is 0 Å². The second-order valence-corrected chi connectivity index (χ2v) is 22.0. The number of para-hydroxylation sites is 2. The highest BCUT2D eigenvalue weighted by atomic mass is 32.1. The molecule has 14 heteroatoms. The number of nitrogens with zero attached hydrogens (tertiary/aromatic N) is 4. The molecule has 0 aliphatic rings. The smallest absolute Gasteiger partial charge is 0.319 e. The van der Waals surface area contributed by atoms with Gasteiger partial charge in [-0.2, -0.15) is 0 Å². The predicted molar refractivity (Wildman–Crippen MR) is 330 cm³/mol. The molecule has 0 amide bonds. The molecule has 12 nitrogen and oxygen atoms in total.